The molecule has 0 aliphatic rings. The number of carbonyl (C=O) groups excluding carboxylic acids is 1. The zero-order valence-electron chi connectivity index (χ0n) is 9.92. The molecule has 90 valence electrons. The topological polar surface area (TPSA) is 69.8 Å². The van der Waals surface area contributed by atoms with Gasteiger partial charge in [0.2, 0.25) is 0 Å². The minimum absolute atomic E-state index is 0.108. The average molecular weight is 224 g/mol. The number of H-pyrrole nitrogens is 1. The van der Waals surface area contributed by atoms with Crippen molar-refractivity contribution in [2.24, 2.45) is 0 Å². The van der Waals surface area contributed by atoms with E-state index in [0.29, 0.717) is 18.3 Å². The lowest BCUT2D eigenvalue weighted by Gasteiger charge is -2.14. The number of rotatable bonds is 7. The van der Waals surface area contributed by atoms with E-state index in [1.54, 1.807) is 12.3 Å². The van der Waals surface area contributed by atoms with Crippen LogP contribution in [-0.4, -0.2) is 35.2 Å². The Kier molecular flexibility index (Phi) is 5.56. The summed E-state index contributed by atoms with van der Waals surface area (Å²) in [5.41, 5.74) is 0.502. The summed E-state index contributed by atoms with van der Waals surface area (Å²) in [6, 6.07) is 2.20. The van der Waals surface area contributed by atoms with Crippen LogP contribution in [0.2, 0.25) is 0 Å². The highest BCUT2D eigenvalue weighted by molar-refractivity contribution is 5.92. The van der Waals surface area contributed by atoms with Crippen LogP contribution in [-0.2, 0) is 0 Å². The molecule has 5 nitrogen and oxygen atoms in total. The van der Waals surface area contributed by atoms with Gasteiger partial charge in [0.15, 0.2) is 0 Å². The van der Waals surface area contributed by atoms with Crippen molar-refractivity contribution in [3.05, 3.63) is 18.0 Å². The van der Waals surface area contributed by atoms with E-state index in [0.717, 1.165) is 19.4 Å². The average Bonchev–Trinajstić information content (AvgIpc) is 2.82. The van der Waals surface area contributed by atoms with Gasteiger partial charge in [0.05, 0.1) is 0 Å². The molecule has 5 heteroatoms. The smallest absolute Gasteiger partial charge is 0.269 e. The van der Waals surface area contributed by atoms with E-state index in [4.69, 9.17) is 0 Å². The first-order valence-electron chi connectivity index (χ1n) is 5.78. The molecular formula is C11H20N4O. The Morgan fingerprint density at radius 2 is 2.19 bits per heavy atom. The van der Waals surface area contributed by atoms with Crippen LogP contribution in [0, 0.1) is 0 Å². The second-order valence-corrected chi connectivity index (χ2v) is 3.69. The summed E-state index contributed by atoms with van der Waals surface area (Å²) in [7, 11) is 0. The molecule has 0 atom stereocenters. The van der Waals surface area contributed by atoms with E-state index in [1.165, 1.54) is 0 Å². The van der Waals surface area contributed by atoms with Gasteiger partial charge in [-0.3, -0.25) is 9.89 Å². The third-order valence-electron chi connectivity index (χ3n) is 2.57. The van der Waals surface area contributed by atoms with Crippen molar-refractivity contribution < 1.29 is 4.79 Å². The summed E-state index contributed by atoms with van der Waals surface area (Å²) in [6.45, 7) is 5.75. The van der Waals surface area contributed by atoms with Gasteiger partial charge in [0, 0.05) is 25.3 Å². The van der Waals surface area contributed by atoms with Crippen LogP contribution in [0.15, 0.2) is 12.3 Å². The molecule has 0 aliphatic carbocycles. The van der Waals surface area contributed by atoms with Crippen molar-refractivity contribution in [2.75, 3.05) is 13.1 Å². The van der Waals surface area contributed by atoms with Crippen LogP contribution in [0.25, 0.3) is 0 Å². The number of aromatic amines is 1. The summed E-state index contributed by atoms with van der Waals surface area (Å²) < 4.78 is 0. The standard InChI is InChI=1S/C11H20N4O/c1-3-9(4-2)12-7-8-13-11(16)10-5-6-14-15-10/h5-6,9,12H,3-4,7-8H2,1-2H3,(H,13,16)(H,14,15). The van der Waals surface area contributed by atoms with Gasteiger partial charge in [-0.25, -0.2) is 0 Å². The predicted molar refractivity (Wildman–Crippen MR) is 63.3 cm³/mol. The largest absolute Gasteiger partial charge is 0.349 e. The highest BCUT2D eigenvalue weighted by Gasteiger charge is 2.05. The molecule has 1 rings (SSSR count). The monoisotopic (exact) mass is 224 g/mol. The van der Waals surface area contributed by atoms with E-state index in [2.05, 4.69) is 34.7 Å². The molecule has 0 saturated heterocycles. The third kappa shape index (κ3) is 4.02. The van der Waals surface area contributed by atoms with E-state index in [1.807, 2.05) is 0 Å². The van der Waals surface area contributed by atoms with Crippen LogP contribution in [0.5, 0.6) is 0 Å². The SMILES string of the molecule is CCC(CC)NCCNC(=O)c1ccn[nH]1. The summed E-state index contributed by atoms with van der Waals surface area (Å²) in [4.78, 5) is 11.5. The fraction of sp³-hybridized carbons (Fsp3) is 0.636. The van der Waals surface area contributed by atoms with Crippen LogP contribution < -0.4 is 10.6 Å². The van der Waals surface area contributed by atoms with Gasteiger partial charge in [-0.15, -0.1) is 0 Å². The normalized spacial score (nSPS) is 10.7. The van der Waals surface area contributed by atoms with Crippen LogP contribution >= 0.6 is 0 Å². The summed E-state index contributed by atoms with van der Waals surface area (Å²) >= 11 is 0. The first-order chi connectivity index (χ1) is 7.77. The molecule has 1 aromatic rings. The van der Waals surface area contributed by atoms with E-state index >= 15 is 0 Å². The van der Waals surface area contributed by atoms with E-state index < -0.39 is 0 Å². The maximum atomic E-state index is 11.5. The Hall–Kier alpha value is -1.36. The minimum atomic E-state index is -0.108. The first kappa shape index (κ1) is 12.7. The zero-order valence-corrected chi connectivity index (χ0v) is 9.92. The molecule has 1 heterocycles. The second-order valence-electron chi connectivity index (χ2n) is 3.69. The number of nitrogens with zero attached hydrogens (tertiary/aromatic N) is 1. The number of aromatic nitrogens is 2. The third-order valence-corrected chi connectivity index (χ3v) is 2.57. The lowest BCUT2D eigenvalue weighted by molar-refractivity contribution is 0.0948. The van der Waals surface area contributed by atoms with Crippen molar-refractivity contribution in [3.8, 4) is 0 Å². The van der Waals surface area contributed by atoms with E-state index in [9.17, 15) is 4.79 Å². The minimum Gasteiger partial charge on any atom is -0.349 e. The molecule has 0 fully saturated rings. The molecule has 0 bridgehead atoms. The van der Waals surface area contributed by atoms with Crippen molar-refractivity contribution in [3.63, 3.8) is 0 Å². The van der Waals surface area contributed by atoms with Crippen molar-refractivity contribution in [2.45, 2.75) is 32.7 Å². The predicted octanol–water partition coefficient (Wildman–Crippen LogP) is 0.918. The highest BCUT2D eigenvalue weighted by atomic mass is 16.1. The number of hydrogen-bond donors (Lipinski definition) is 3. The highest BCUT2D eigenvalue weighted by Crippen LogP contribution is 1.94. The molecule has 16 heavy (non-hydrogen) atoms. The quantitative estimate of drug-likeness (QED) is 0.603. The second kappa shape index (κ2) is 7.00. The maximum absolute atomic E-state index is 11.5. The first-order valence-corrected chi connectivity index (χ1v) is 5.78. The van der Waals surface area contributed by atoms with Crippen molar-refractivity contribution >= 4 is 5.91 Å². The lowest BCUT2D eigenvalue weighted by atomic mass is 10.2. The van der Waals surface area contributed by atoms with E-state index in [-0.39, 0.29) is 5.91 Å². The molecule has 1 amide bonds. The van der Waals surface area contributed by atoms with Crippen molar-refractivity contribution in [1.29, 1.82) is 0 Å². The molecule has 1 aromatic heterocycles. The Balaban J connectivity index is 2.14. The fourth-order valence-electron chi connectivity index (χ4n) is 1.51. The van der Waals surface area contributed by atoms with Gasteiger partial charge in [-0.1, -0.05) is 13.8 Å². The van der Waals surface area contributed by atoms with Crippen molar-refractivity contribution in [1.82, 2.24) is 20.8 Å². The molecule has 3 N–H and O–H groups in total. The molecule has 0 radical (unpaired) electrons. The Bertz CT molecular complexity index is 293. The fourth-order valence-corrected chi connectivity index (χ4v) is 1.51. The Labute approximate surface area is 96.0 Å². The molecule has 0 unspecified atom stereocenters. The van der Waals surface area contributed by atoms with Gasteiger partial charge in [-0.05, 0) is 18.9 Å². The molecule has 0 saturated carbocycles. The Morgan fingerprint density at radius 3 is 2.75 bits per heavy atom. The van der Waals surface area contributed by atoms with Gasteiger partial charge in [-0.2, -0.15) is 5.10 Å². The maximum Gasteiger partial charge on any atom is 0.269 e. The van der Waals surface area contributed by atoms with Crippen LogP contribution in [0.1, 0.15) is 37.2 Å². The molecule has 0 spiro atoms. The molecule has 0 aliphatic heterocycles. The molecule has 0 aromatic carbocycles. The van der Waals surface area contributed by atoms with Gasteiger partial charge >= 0.3 is 0 Å². The number of hydrogen-bond acceptors (Lipinski definition) is 3. The summed E-state index contributed by atoms with van der Waals surface area (Å²) in [5, 5.41) is 12.5. The zero-order chi connectivity index (χ0) is 11.8. The number of amides is 1. The van der Waals surface area contributed by atoms with Gasteiger partial charge in [0.1, 0.15) is 5.69 Å². The summed E-state index contributed by atoms with van der Waals surface area (Å²) in [6.07, 6.45) is 3.80. The molecular weight excluding hydrogens is 204 g/mol. The Morgan fingerprint density at radius 1 is 1.44 bits per heavy atom. The number of carbonyl (C=O) groups is 1. The van der Waals surface area contributed by atoms with Crippen LogP contribution in [0.3, 0.4) is 0 Å². The van der Waals surface area contributed by atoms with Crippen LogP contribution in [0.4, 0.5) is 0 Å². The van der Waals surface area contributed by atoms with Gasteiger partial charge < -0.3 is 10.6 Å². The lowest BCUT2D eigenvalue weighted by Crippen LogP contribution is -2.36. The summed E-state index contributed by atoms with van der Waals surface area (Å²) in [5.74, 6) is -0.108. The van der Waals surface area contributed by atoms with Gasteiger partial charge in [0.25, 0.3) is 5.91 Å². The number of nitrogens with one attached hydrogen (secondary N) is 3.